The summed E-state index contributed by atoms with van der Waals surface area (Å²) in [6.45, 7) is 2.65. The molecule has 29 heavy (non-hydrogen) atoms. The number of esters is 1. The van der Waals surface area contributed by atoms with Gasteiger partial charge in [-0.2, -0.15) is 0 Å². The summed E-state index contributed by atoms with van der Waals surface area (Å²) < 4.78 is 10.4. The molecule has 3 aliphatic rings. The molecule has 0 bridgehead atoms. The molecule has 10 heteroatoms. The molecule has 0 spiro atoms. The van der Waals surface area contributed by atoms with Crippen molar-refractivity contribution in [3.05, 3.63) is 24.3 Å². The van der Waals surface area contributed by atoms with Crippen molar-refractivity contribution in [1.82, 2.24) is 14.7 Å². The second-order valence-corrected chi connectivity index (χ2v) is 6.93. The predicted octanol–water partition coefficient (Wildman–Crippen LogP) is 0.339. The third-order valence-corrected chi connectivity index (χ3v) is 5.35. The number of likely N-dealkylation sites (N-methyl/N-ethyl adjacent to an activating group) is 1. The molecule has 154 valence electrons. The number of guanidine groups is 1. The average molecular weight is 401 g/mol. The highest BCUT2D eigenvalue weighted by Crippen LogP contribution is 2.36. The third kappa shape index (κ3) is 2.95. The van der Waals surface area contributed by atoms with E-state index in [1.54, 1.807) is 21.1 Å². The van der Waals surface area contributed by atoms with Crippen LogP contribution in [0.2, 0.25) is 0 Å². The number of methoxy groups -OCH3 is 1. The van der Waals surface area contributed by atoms with E-state index in [9.17, 15) is 14.4 Å². The molecule has 0 saturated carbocycles. The lowest BCUT2D eigenvalue weighted by Crippen LogP contribution is -2.65. The minimum absolute atomic E-state index is 0.185. The van der Waals surface area contributed by atoms with Gasteiger partial charge in [0.15, 0.2) is 12.2 Å². The quantitative estimate of drug-likeness (QED) is 0.657. The Labute approximate surface area is 168 Å². The Kier molecular flexibility index (Phi) is 4.77. The molecule has 0 aliphatic carbocycles. The molecule has 0 N–H and O–H groups in total. The lowest BCUT2D eigenvalue weighted by Gasteiger charge is -2.40. The third-order valence-electron chi connectivity index (χ3n) is 5.35. The Morgan fingerprint density at radius 2 is 2.00 bits per heavy atom. The number of imide groups is 1. The van der Waals surface area contributed by atoms with Crippen molar-refractivity contribution < 1.29 is 23.9 Å². The van der Waals surface area contributed by atoms with Gasteiger partial charge in [0.2, 0.25) is 5.96 Å². The van der Waals surface area contributed by atoms with Crippen molar-refractivity contribution in [3.8, 4) is 5.75 Å². The number of para-hydroxylation sites is 2. The van der Waals surface area contributed by atoms with Crippen LogP contribution in [0.5, 0.6) is 5.75 Å². The molecule has 1 aromatic carbocycles. The zero-order valence-corrected chi connectivity index (χ0v) is 16.6. The van der Waals surface area contributed by atoms with E-state index in [4.69, 9.17) is 14.5 Å². The van der Waals surface area contributed by atoms with Crippen LogP contribution < -0.4 is 9.64 Å². The van der Waals surface area contributed by atoms with Crippen LogP contribution in [0.15, 0.2) is 29.3 Å². The van der Waals surface area contributed by atoms with Crippen LogP contribution in [-0.2, 0) is 14.3 Å². The summed E-state index contributed by atoms with van der Waals surface area (Å²) in [5.74, 6) is 0.270. The molecule has 0 aromatic heterocycles. The fourth-order valence-electron chi connectivity index (χ4n) is 4.00. The number of hydrogen-bond acceptors (Lipinski definition) is 8. The van der Waals surface area contributed by atoms with E-state index in [0.29, 0.717) is 24.8 Å². The first-order valence-corrected chi connectivity index (χ1v) is 9.46. The molecule has 4 rings (SSSR count). The highest BCUT2D eigenvalue weighted by Gasteiger charge is 2.55. The highest BCUT2D eigenvalue weighted by molar-refractivity contribution is 6.09. The number of amides is 3. The summed E-state index contributed by atoms with van der Waals surface area (Å²) in [4.78, 5) is 48.6. The molecule has 1 aromatic rings. The summed E-state index contributed by atoms with van der Waals surface area (Å²) in [7, 11) is 3.19. The van der Waals surface area contributed by atoms with E-state index in [0.717, 1.165) is 10.6 Å². The summed E-state index contributed by atoms with van der Waals surface area (Å²) in [5.41, 5.74) is 0.847. The summed E-state index contributed by atoms with van der Waals surface area (Å²) in [6.07, 6.45) is -0.638. The van der Waals surface area contributed by atoms with E-state index in [1.807, 2.05) is 34.1 Å². The Morgan fingerprint density at radius 1 is 1.24 bits per heavy atom. The SMILES string of the molecule is CCOC(=O)CN1C(=O)C2C(N=C3N(c4ccccc4OC)CCN32)N(C)C1=O. The van der Waals surface area contributed by atoms with Crippen LogP contribution in [0, 0.1) is 0 Å². The molecule has 3 amide bonds. The topological polar surface area (TPSA) is 95.0 Å². The van der Waals surface area contributed by atoms with E-state index in [-0.39, 0.29) is 6.61 Å². The number of aliphatic imine (C=N–C) groups is 1. The smallest absolute Gasteiger partial charge is 0.328 e. The van der Waals surface area contributed by atoms with Gasteiger partial charge in [0.1, 0.15) is 12.3 Å². The number of anilines is 1. The van der Waals surface area contributed by atoms with Crippen molar-refractivity contribution in [2.75, 3.05) is 45.3 Å². The number of fused-ring (bicyclic) bond motifs is 3. The van der Waals surface area contributed by atoms with Crippen LogP contribution in [-0.4, -0.2) is 91.2 Å². The van der Waals surface area contributed by atoms with Gasteiger partial charge >= 0.3 is 12.0 Å². The maximum atomic E-state index is 13.1. The lowest BCUT2D eigenvalue weighted by molar-refractivity contribution is -0.150. The van der Waals surface area contributed by atoms with Crippen LogP contribution in [0.4, 0.5) is 10.5 Å². The van der Waals surface area contributed by atoms with Crippen LogP contribution in [0.3, 0.4) is 0 Å². The van der Waals surface area contributed by atoms with Crippen molar-refractivity contribution >= 4 is 29.6 Å². The highest BCUT2D eigenvalue weighted by atomic mass is 16.5. The van der Waals surface area contributed by atoms with Gasteiger partial charge in [-0.1, -0.05) is 12.1 Å². The maximum absolute atomic E-state index is 13.1. The molecule has 0 radical (unpaired) electrons. The molecule has 3 aliphatic heterocycles. The summed E-state index contributed by atoms with van der Waals surface area (Å²) in [6, 6.07) is 6.36. The number of ether oxygens (including phenoxy) is 2. The molecule has 3 heterocycles. The van der Waals surface area contributed by atoms with Crippen LogP contribution in [0.25, 0.3) is 0 Å². The minimum Gasteiger partial charge on any atom is -0.495 e. The first kappa shape index (κ1) is 19.0. The molecule has 2 unspecified atom stereocenters. The van der Waals surface area contributed by atoms with E-state index < -0.39 is 36.7 Å². The van der Waals surface area contributed by atoms with Crippen LogP contribution >= 0.6 is 0 Å². The Balaban J connectivity index is 1.63. The van der Waals surface area contributed by atoms with Gasteiger partial charge in [-0.15, -0.1) is 0 Å². The average Bonchev–Trinajstić information content (AvgIpc) is 3.29. The Morgan fingerprint density at radius 3 is 2.72 bits per heavy atom. The fourth-order valence-corrected chi connectivity index (χ4v) is 4.00. The van der Waals surface area contributed by atoms with Gasteiger partial charge in [0.25, 0.3) is 5.91 Å². The monoisotopic (exact) mass is 401 g/mol. The first-order chi connectivity index (χ1) is 14.0. The maximum Gasteiger partial charge on any atom is 0.328 e. The molecule has 2 fully saturated rings. The number of carbonyl (C=O) groups is 3. The normalized spacial score (nSPS) is 23.2. The van der Waals surface area contributed by atoms with E-state index in [1.165, 1.54) is 4.90 Å². The number of carbonyl (C=O) groups excluding carboxylic acids is 3. The molecule has 10 nitrogen and oxygen atoms in total. The molecular weight excluding hydrogens is 378 g/mol. The lowest BCUT2D eigenvalue weighted by atomic mass is 10.1. The fraction of sp³-hybridized carbons (Fsp3) is 0.474. The van der Waals surface area contributed by atoms with Crippen molar-refractivity contribution in [2.24, 2.45) is 4.99 Å². The summed E-state index contributed by atoms with van der Waals surface area (Å²) >= 11 is 0. The Hall–Kier alpha value is -3.30. The number of rotatable bonds is 5. The van der Waals surface area contributed by atoms with Gasteiger partial charge in [-0.3, -0.25) is 14.5 Å². The number of nitrogens with zero attached hydrogens (tertiary/aromatic N) is 5. The van der Waals surface area contributed by atoms with E-state index in [2.05, 4.69) is 0 Å². The number of hydrogen-bond donors (Lipinski definition) is 0. The van der Waals surface area contributed by atoms with Gasteiger partial charge < -0.3 is 24.2 Å². The minimum atomic E-state index is -0.665. The first-order valence-electron chi connectivity index (χ1n) is 9.46. The van der Waals surface area contributed by atoms with Crippen molar-refractivity contribution in [3.63, 3.8) is 0 Å². The van der Waals surface area contributed by atoms with Gasteiger partial charge in [-0.25, -0.2) is 9.79 Å². The Bertz CT molecular complexity index is 887. The second kappa shape index (κ2) is 7.26. The molecule has 2 atom stereocenters. The zero-order valence-electron chi connectivity index (χ0n) is 16.6. The van der Waals surface area contributed by atoms with Crippen molar-refractivity contribution in [1.29, 1.82) is 0 Å². The van der Waals surface area contributed by atoms with E-state index >= 15 is 0 Å². The van der Waals surface area contributed by atoms with Gasteiger partial charge in [0.05, 0.1) is 19.4 Å². The molecular formula is C19H23N5O5. The van der Waals surface area contributed by atoms with Crippen molar-refractivity contribution in [2.45, 2.75) is 19.1 Å². The predicted molar refractivity (Wildman–Crippen MR) is 104 cm³/mol. The number of urea groups is 1. The largest absolute Gasteiger partial charge is 0.495 e. The summed E-state index contributed by atoms with van der Waals surface area (Å²) in [5, 5.41) is 0. The molecule has 2 saturated heterocycles. The van der Waals surface area contributed by atoms with Crippen LogP contribution in [0.1, 0.15) is 6.92 Å². The van der Waals surface area contributed by atoms with Gasteiger partial charge in [-0.05, 0) is 19.1 Å². The number of benzene rings is 1. The zero-order chi connectivity index (χ0) is 20.7. The second-order valence-electron chi connectivity index (χ2n) is 6.93. The van der Waals surface area contributed by atoms with Gasteiger partial charge in [0, 0.05) is 20.1 Å². The standard InChI is InChI=1S/C19H23N5O5/c1-4-29-14(25)11-24-17(26)15-16(21(2)19(24)27)20-18-22(9-10-23(15)18)12-7-5-6-8-13(12)28-3/h5-8,15-16H,4,9-11H2,1-3H3.